The van der Waals surface area contributed by atoms with Crippen LogP contribution in [-0.4, -0.2) is 76.2 Å². The average Bonchev–Trinajstić information content (AvgIpc) is 3.58. The number of rotatable bonds is 1. The lowest BCUT2D eigenvalue weighted by Crippen LogP contribution is -2.45. The molecule has 1 saturated carbocycles. The summed E-state index contributed by atoms with van der Waals surface area (Å²) in [5, 5.41) is 0.00673. The quantitative estimate of drug-likeness (QED) is 0.386. The summed E-state index contributed by atoms with van der Waals surface area (Å²) in [7, 11) is -1.78. The molecule has 5 aliphatic rings. The highest BCUT2D eigenvalue weighted by atomic mass is 35.5. The number of likely N-dealkylation sites (N-methyl/N-ethyl adjacent to an activating group) is 1. The Hall–Kier alpha value is -2.37. The van der Waals surface area contributed by atoms with Gasteiger partial charge in [-0.15, -0.1) is 0 Å². The largest absolute Gasteiger partial charge is 0.487 e. The standard InChI is InChI=1S/C37H50ClN3O6S/c1-23-7-6-9-31(37-46-34-20-40(3)21-35(34)47-37)30-14-11-27(30)19-41-16-5-4-8-25-17-29(38)13-10-28(25)22-45-33-15-12-26(18-32(33)41)36(42)39-48(43,44)24(23)2/h10,12-13,15,17-18,23-24,27,30-31,34-35,37H,4-9,11,14,16,19-22H2,1-3H3,(H,39,42)/t23-,24+,27-,30+,31-,34-,35+,37-/m0/s1. The SMILES string of the molecule is C[C@@H]1[C@@H](C)CCC[C@H]([C@H]2O[C@H]3CN(C)C[C@H]3O2)[C@@H]2CC[C@H]2CN2CCCCc3cc(Cl)ccc3COc3ccc(cc32)C(=O)NS1(=O)=O. The van der Waals surface area contributed by atoms with Gasteiger partial charge >= 0.3 is 0 Å². The minimum absolute atomic E-state index is 0.110. The summed E-state index contributed by atoms with van der Waals surface area (Å²) in [4.78, 5) is 18.2. The van der Waals surface area contributed by atoms with E-state index >= 15 is 0 Å². The first kappa shape index (κ1) is 34.1. The minimum Gasteiger partial charge on any atom is -0.487 e. The number of nitrogens with zero attached hydrogens (tertiary/aromatic N) is 2. The van der Waals surface area contributed by atoms with Crippen LogP contribution < -0.4 is 14.4 Å². The number of hydrogen-bond acceptors (Lipinski definition) is 8. The van der Waals surface area contributed by atoms with Gasteiger partial charge in [-0.05, 0) is 118 Å². The molecule has 9 nitrogen and oxygen atoms in total. The number of nitrogens with one attached hydrogen (secondary N) is 1. The number of anilines is 1. The Labute approximate surface area is 290 Å². The van der Waals surface area contributed by atoms with Crippen molar-refractivity contribution in [3.05, 3.63) is 58.1 Å². The zero-order valence-electron chi connectivity index (χ0n) is 28.4. The number of carbonyl (C=O) groups is 1. The normalized spacial score (nSPS) is 34.4. The maximum absolute atomic E-state index is 13.5. The average molecular weight is 700 g/mol. The molecule has 8 atom stereocenters. The van der Waals surface area contributed by atoms with E-state index < -0.39 is 21.2 Å². The minimum atomic E-state index is -3.90. The number of aryl methyl sites for hydroxylation is 1. The Morgan fingerprint density at radius 1 is 0.875 bits per heavy atom. The molecule has 3 fully saturated rings. The van der Waals surface area contributed by atoms with E-state index in [0.29, 0.717) is 29.8 Å². The van der Waals surface area contributed by atoms with Crippen LogP contribution in [0.1, 0.15) is 80.3 Å². The Morgan fingerprint density at radius 2 is 1.67 bits per heavy atom. The second-order valence-electron chi connectivity index (χ2n) is 15.0. The van der Waals surface area contributed by atoms with Crippen molar-refractivity contribution in [1.82, 2.24) is 9.62 Å². The number of amides is 1. The summed E-state index contributed by atoms with van der Waals surface area (Å²) in [5.74, 6) is 1.10. The first-order valence-corrected chi connectivity index (χ1v) is 19.8. The number of benzene rings is 2. The highest BCUT2D eigenvalue weighted by Gasteiger charge is 2.49. The monoisotopic (exact) mass is 699 g/mol. The van der Waals surface area contributed by atoms with Gasteiger partial charge in [-0.2, -0.15) is 0 Å². The number of hydrogen-bond donors (Lipinski definition) is 1. The molecule has 4 heterocycles. The summed E-state index contributed by atoms with van der Waals surface area (Å²) >= 11 is 6.38. The molecule has 2 bridgehead atoms. The summed E-state index contributed by atoms with van der Waals surface area (Å²) in [5.41, 5.74) is 3.44. The summed E-state index contributed by atoms with van der Waals surface area (Å²) in [6.45, 7) is 7.47. The van der Waals surface area contributed by atoms with Gasteiger partial charge in [0.25, 0.3) is 5.91 Å². The number of fused-ring (bicyclic) bond motifs is 4. The summed E-state index contributed by atoms with van der Waals surface area (Å²) in [6.07, 6.45) is 7.67. The van der Waals surface area contributed by atoms with E-state index in [4.69, 9.17) is 25.8 Å². The predicted molar refractivity (Wildman–Crippen MR) is 187 cm³/mol. The van der Waals surface area contributed by atoms with E-state index in [1.165, 1.54) is 5.56 Å². The van der Waals surface area contributed by atoms with Crippen LogP contribution in [0.3, 0.4) is 0 Å². The van der Waals surface area contributed by atoms with Crippen LogP contribution in [0.15, 0.2) is 36.4 Å². The van der Waals surface area contributed by atoms with E-state index in [-0.39, 0.29) is 30.3 Å². The predicted octanol–water partition coefficient (Wildman–Crippen LogP) is 6.03. The van der Waals surface area contributed by atoms with E-state index in [1.54, 1.807) is 13.0 Å². The van der Waals surface area contributed by atoms with Crippen molar-refractivity contribution in [2.45, 2.75) is 95.6 Å². The van der Waals surface area contributed by atoms with E-state index in [9.17, 15) is 13.2 Å². The van der Waals surface area contributed by atoms with Crippen LogP contribution in [0.2, 0.25) is 5.02 Å². The molecule has 0 aromatic heterocycles. The van der Waals surface area contributed by atoms with Gasteiger partial charge in [-0.3, -0.25) is 4.79 Å². The summed E-state index contributed by atoms with van der Waals surface area (Å²) in [6, 6.07) is 11.3. The Morgan fingerprint density at radius 3 is 2.42 bits per heavy atom. The number of likely N-dealkylation sites (tertiary alicyclic amines) is 1. The van der Waals surface area contributed by atoms with Gasteiger partial charge in [-0.25, -0.2) is 13.1 Å². The first-order chi connectivity index (χ1) is 23.1. The van der Waals surface area contributed by atoms with Gasteiger partial charge in [0.2, 0.25) is 10.0 Å². The van der Waals surface area contributed by atoms with Crippen molar-refractivity contribution < 1.29 is 27.4 Å². The zero-order chi connectivity index (χ0) is 33.6. The van der Waals surface area contributed by atoms with Gasteiger partial charge in [0.15, 0.2) is 6.29 Å². The molecule has 11 heteroatoms. The molecule has 0 radical (unpaired) electrons. The molecule has 4 aliphatic heterocycles. The highest BCUT2D eigenvalue weighted by Crippen LogP contribution is 2.48. The van der Waals surface area contributed by atoms with Crippen LogP contribution >= 0.6 is 11.6 Å². The number of halogens is 1. The first-order valence-electron chi connectivity index (χ1n) is 17.9. The molecule has 1 aliphatic carbocycles. The smallest absolute Gasteiger partial charge is 0.264 e. The molecule has 1 amide bonds. The van der Waals surface area contributed by atoms with Crippen molar-refractivity contribution >= 4 is 33.2 Å². The topological polar surface area (TPSA) is 97.4 Å². The number of ether oxygens (including phenoxy) is 3. The third-order valence-electron chi connectivity index (χ3n) is 11.8. The maximum atomic E-state index is 13.5. The molecular weight excluding hydrogens is 650 g/mol. The third-order valence-corrected chi connectivity index (χ3v) is 14.0. The van der Waals surface area contributed by atoms with E-state index in [1.807, 2.05) is 37.3 Å². The van der Waals surface area contributed by atoms with E-state index in [0.717, 1.165) is 93.8 Å². The fourth-order valence-corrected chi connectivity index (χ4v) is 10.1. The molecule has 0 spiro atoms. The van der Waals surface area contributed by atoms with Gasteiger partial charge in [0.1, 0.15) is 24.6 Å². The highest BCUT2D eigenvalue weighted by molar-refractivity contribution is 7.90. The molecule has 7 rings (SSSR count). The molecule has 48 heavy (non-hydrogen) atoms. The van der Waals surface area contributed by atoms with Gasteiger partial charge in [0, 0.05) is 42.7 Å². The molecule has 2 saturated heterocycles. The zero-order valence-corrected chi connectivity index (χ0v) is 30.0. The van der Waals surface area contributed by atoms with Gasteiger partial charge in [0.05, 0.1) is 10.9 Å². The van der Waals surface area contributed by atoms with Crippen LogP contribution in [-0.2, 0) is 32.5 Å². The van der Waals surface area contributed by atoms with Crippen molar-refractivity contribution in [2.75, 3.05) is 38.1 Å². The molecule has 2 aromatic carbocycles. The second kappa shape index (κ2) is 14.1. The fraction of sp³-hybridized carbons (Fsp3) is 0.649. The molecule has 262 valence electrons. The van der Waals surface area contributed by atoms with Crippen LogP contribution in [0.25, 0.3) is 0 Å². The van der Waals surface area contributed by atoms with Gasteiger partial charge in [-0.1, -0.05) is 31.0 Å². The third kappa shape index (κ3) is 7.11. The lowest BCUT2D eigenvalue weighted by Gasteiger charge is -2.46. The lowest BCUT2D eigenvalue weighted by molar-refractivity contribution is -0.146. The summed E-state index contributed by atoms with van der Waals surface area (Å²) < 4.78 is 49.1. The van der Waals surface area contributed by atoms with Gasteiger partial charge < -0.3 is 24.0 Å². The number of sulfonamides is 1. The van der Waals surface area contributed by atoms with Crippen molar-refractivity contribution in [1.29, 1.82) is 0 Å². The Balaban J connectivity index is 1.23. The van der Waals surface area contributed by atoms with Crippen molar-refractivity contribution in [3.8, 4) is 5.75 Å². The maximum Gasteiger partial charge on any atom is 0.264 e. The molecule has 1 N–H and O–H groups in total. The van der Waals surface area contributed by atoms with Crippen molar-refractivity contribution in [3.63, 3.8) is 0 Å². The number of carbonyl (C=O) groups excluding carboxylic acids is 1. The van der Waals surface area contributed by atoms with Crippen LogP contribution in [0, 0.1) is 23.7 Å². The fourth-order valence-electron chi connectivity index (χ4n) is 8.56. The Bertz CT molecular complexity index is 1590. The van der Waals surface area contributed by atoms with Crippen LogP contribution in [0.5, 0.6) is 5.75 Å². The molecule has 2 aromatic rings. The second-order valence-corrected chi connectivity index (χ2v) is 17.5. The Kier molecular flexibility index (Phi) is 10.0. The van der Waals surface area contributed by atoms with Crippen molar-refractivity contribution in [2.24, 2.45) is 23.7 Å². The van der Waals surface area contributed by atoms with Crippen LogP contribution in [0.4, 0.5) is 5.69 Å². The lowest BCUT2D eigenvalue weighted by atomic mass is 9.65. The molecule has 0 unspecified atom stereocenters. The molecular formula is C37H50ClN3O6S. The van der Waals surface area contributed by atoms with E-state index in [2.05, 4.69) is 21.6 Å².